The average molecular weight is 373 g/mol. The van der Waals surface area contributed by atoms with Gasteiger partial charge >= 0.3 is 0 Å². The molecule has 1 aromatic rings. The first-order chi connectivity index (χ1) is 11.7. The monoisotopic (exact) mass is 373 g/mol. The number of nitrogens with zero attached hydrogens (tertiary/aromatic N) is 3. The molecule has 1 spiro atoms. The largest absolute Gasteiger partial charge is 0.342 e. The van der Waals surface area contributed by atoms with Crippen molar-refractivity contribution >= 4 is 15.9 Å². The van der Waals surface area contributed by atoms with Gasteiger partial charge in [-0.15, -0.1) is 0 Å². The minimum Gasteiger partial charge on any atom is -0.342 e. The fourth-order valence-corrected chi connectivity index (χ4v) is 5.36. The maximum absolute atomic E-state index is 14.4. The Labute approximate surface area is 145 Å². The van der Waals surface area contributed by atoms with E-state index in [1.54, 1.807) is 11.8 Å². The summed E-state index contributed by atoms with van der Waals surface area (Å²) < 4.78 is 55.2. The van der Waals surface area contributed by atoms with Crippen LogP contribution in [0, 0.1) is 5.41 Å². The second-order valence-corrected chi connectivity index (χ2v) is 8.70. The molecule has 9 heteroatoms. The third-order valence-electron chi connectivity index (χ3n) is 4.96. The minimum absolute atomic E-state index is 0.140. The van der Waals surface area contributed by atoms with Crippen LogP contribution in [0.5, 0.6) is 0 Å². The Balaban J connectivity index is 1.98. The van der Waals surface area contributed by atoms with Crippen molar-refractivity contribution in [3.05, 3.63) is 24.5 Å². The van der Waals surface area contributed by atoms with Gasteiger partial charge in [0.25, 0.3) is 5.92 Å². The molecule has 1 unspecified atom stereocenters. The van der Waals surface area contributed by atoms with Gasteiger partial charge in [0, 0.05) is 38.4 Å². The summed E-state index contributed by atoms with van der Waals surface area (Å²) in [6, 6.07) is 2.76. The second-order valence-electron chi connectivity index (χ2n) is 6.76. The van der Waals surface area contributed by atoms with Crippen LogP contribution >= 0.6 is 0 Å². The molecule has 6 nitrogen and oxygen atoms in total. The summed E-state index contributed by atoms with van der Waals surface area (Å²) in [4.78, 5) is 17.9. The lowest BCUT2D eigenvalue weighted by Crippen LogP contribution is -2.61. The number of hydrogen-bond acceptors (Lipinski definition) is 4. The Morgan fingerprint density at radius 1 is 1.32 bits per heavy atom. The van der Waals surface area contributed by atoms with Gasteiger partial charge in [-0.1, -0.05) is 0 Å². The summed E-state index contributed by atoms with van der Waals surface area (Å²) >= 11 is 0. The predicted molar refractivity (Wildman–Crippen MR) is 86.5 cm³/mol. The van der Waals surface area contributed by atoms with Crippen molar-refractivity contribution in [3.63, 3.8) is 0 Å². The number of aromatic nitrogens is 1. The first-order valence-corrected chi connectivity index (χ1v) is 9.72. The molecule has 2 saturated heterocycles. The van der Waals surface area contributed by atoms with Gasteiger partial charge in [0.2, 0.25) is 15.9 Å². The van der Waals surface area contributed by atoms with Crippen LogP contribution in [0.2, 0.25) is 0 Å². The maximum Gasteiger partial charge on any atom is 0.262 e. The zero-order valence-corrected chi connectivity index (χ0v) is 14.8. The number of carbonyl (C=O) groups excluding carboxylic acids is 1. The molecule has 0 bridgehead atoms. The normalized spacial score (nSPS) is 27.6. The molecule has 0 aliphatic carbocycles. The molecule has 138 valence electrons. The molecule has 0 radical (unpaired) electrons. The van der Waals surface area contributed by atoms with Gasteiger partial charge in [0.05, 0.1) is 12.0 Å². The Bertz CT molecular complexity index is 757. The van der Waals surface area contributed by atoms with Crippen LogP contribution in [0.4, 0.5) is 8.78 Å². The number of rotatable bonds is 3. The zero-order chi connectivity index (χ0) is 18.3. The number of sulfonamides is 1. The third-order valence-corrected chi connectivity index (χ3v) is 6.74. The lowest BCUT2D eigenvalue weighted by Gasteiger charge is -2.48. The van der Waals surface area contributed by atoms with Crippen LogP contribution in [-0.4, -0.2) is 60.6 Å². The molecule has 2 aliphatic heterocycles. The number of carbonyl (C=O) groups is 1. The quantitative estimate of drug-likeness (QED) is 0.809. The van der Waals surface area contributed by atoms with Crippen LogP contribution in [-0.2, 0) is 14.8 Å². The van der Waals surface area contributed by atoms with Crippen LogP contribution in [0.15, 0.2) is 29.4 Å². The van der Waals surface area contributed by atoms with Crippen molar-refractivity contribution in [1.82, 2.24) is 14.2 Å². The van der Waals surface area contributed by atoms with Gasteiger partial charge in [0.1, 0.15) is 4.90 Å². The Kier molecular flexibility index (Phi) is 4.57. The summed E-state index contributed by atoms with van der Waals surface area (Å²) in [5.41, 5.74) is -1.36. The number of amides is 1. The second kappa shape index (κ2) is 6.28. The molecule has 3 rings (SSSR count). The Morgan fingerprint density at radius 2 is 2.08 bits per heavy atom. The Morgan fingerprint density at radius 3 is 2.72 bits per heavy atom. The zero-order valence-electron chi connectivity index (χ0n) is 14.0. The van der Waals surface area contributed by atoms with Crippen molar-refractivity contribution in [2.75, 3.05) is 26.2 Å². The van der Waals surface area contributed by atoms with Gasteiger partial charge < -0.3 is 4.90 Å². The van der Waals surface area contributed by atoms with Crippen molar-refractivity contribution in [3.8, 4) is 0 Å². The minimum atomic E-state index is -4.14. The van der Waals surface area contributed by atoms with Gasteiger partial charge in [0.15, 0.2) is 0 Å². The first kappa shape index (κ1) is 18.2. The topological polar surface area (TPSA) is 70.6 Å². The molecule has 1 amide bonds. The SMILES string of the molecule is CCN1CCCC2(CN(S(=O)(=O)c3cccnc3)CC(F)(F)C2)C1=O. The molecular weight excluding hydrogens is 352 g/mol. The lowest BCUT2D eigenvalue weighted by molar-refractivity contribution is -0.163. The molecule has 1 atom stereocenters. The molecule has 0 aromatic carbocycles. The van der Waals surface area contributed by atoms with Gasteiger partial charge in [-0.05, 0) is 31.9 Å². The van der Waals surface area contributed by atoms with Crippen molar-refractivity contribution < 1.29 is 22.0 Å². The number of pyridine rings is 1. The van der Waals surface area contributed by atoms with Crippen LogP contribution in [0.3, 0.4) is 0 Å². The van der Waals surface area contributed by atoms with Gasteiger partial charge in [-0.25, -0.2) is 17.2 Å². The highest BCUT2D eigenvalue weighted by atomic mass is 32.2. The Hall–Kier alpha value is -1.61. The van der Waals surface area contributed by atoms with Crippen molar-refractivity contribution in [2.45, 2.75) is 37.0 Å². The smallest absolute Gasteiger partial charge is 0.262 e. The van der Waals surface area contributed by atoms with Gasteiger partial charge in [-0.2, -0.15) is 4.31 Å². The molecule has 1 aromatic heterocycles. The first-order valence-electron chi connectivity index (χ1n) is 8.28. The number of halogens is 2. The molecule has 2 aliphatic rings. The van der Waals surface area contributed by atoms with E-state index in [0.717, 1.165) is 10.5 Å². The number of hydrogen-bond donors (Lipinski definition) is 0. The molecule has 3 heterocycles. The van der Waals surface area contributed by atoms with E-state index in [0.29, 0.717) is 19.5 Å². The summed E-state index contributed by atoms with van der Waals surface area (Å²) in [6.45, 7) is 1.63. The van der Waals surface area contributed by atoms with E-state index in [9.17, 15) is 22.0 Å². The maximum atomic E-state index is 14.4. The molecular formula is C16H21F2N3O3S. The van der Waals surface area contributed by atoms with E-state index in [1.807, 2.05) is 0 Å². The average Bonchev–Trinajstić information content (AvgIpc) is 2.57. The van der Waals surface area contributed by atoms with E-state index in [1.165, 1.54) is 18.3 Å². The van der Waals surface area contributed by atoms with Crippen LogP contribution in [0.1, 0.15) is 26.2 Å². The van der Waals surface area contributed by atoms with Crippen molar-refractivity contribution in [1.29, 1.82) is 0 Å². The number of piperidine rings is 2. The molecule has 0 N–H and O–H groups in total. The highest BCUT2D eigenvalue weighted by molar-refractivity contribution is 7.89. The summed E-state index contributed by atoms with van der Waals surface area (Å²) in [5.74, 6) is -3.62. The summed E-state index contributed by atoms with van der Waals surface area (Å²) in [6.07, 6.45) is 2.81. The fraction of sp³-hybridized carbons (Fsp3) is 0.625. The molecule has 2 fully saturated rings. The van der Waals surface area contributed by atoms with Crippen LogP contribution < -0.4 is 0 Å². The van der Waals surface area contributed by atoms with E-state index in [-0.39, 0.29) is 23.8 Å². The third kappa shape index (κ3) is 3.27. The molecule has 25 heavy (non-hydrogen) atoms. The predicted octanol–water partition coefficient (Wildman–Crippen LogP) is 1.74. The van der Waals surface area contributed by atoms with Crippen molar-refractivity contribution in [2.24, 2.45) is 5.41 Å². The van der Waals surface area contributed by atoms with E-state index < -0.39 is 34.3 Å². The van der Waals surface area contributed by atoms with E-state index >= 15 is 0 Å². The lowest BCUT2D eigenvalue weighted by atomic mass is 9.72. The number of likely N-dealkylation sites (tertiary alicyclic amines) is 1. The van der Waals surface area contributed by atoms with Gasteiger partial charge in [-0.3, -0.25) is 9.78 Å². The summed E-state index contributed by atoms with van der Waals surface area (Å²) in [5, 5.41) is 0. The highest BCUT2D eigenvalue weighted by Gasteiger charge is 2.57. The molecule has 0 saturated carbocycles. The standard InChI is InChI=1S/C16H21F2N3O3S/c1-2-20-8-4-6-15(14(20)22)10-16(17,18)12-21(11-15)25(23,24)13-5-3-7-19-9-13/h3,5,7,9H,2,4,6,8,10-12H2,1H3. The van der Waals surface area contributed by atoms with E-state index in [4.69, 9.17) is 0 Å². The summed E-state index contributed by atoms with van der Waals surface area (Å²) in [7, 11) is -4.14. The van der Waals surface area contributed by atoms with Crippen LogP contribution in [0.25, 0.3) is 0 Å². The number of alkyl halides is 2. The van der Waals surface area contributed by atoms with E-state index in [2.05, 4.69) is 4.98 Å². The fourth-order valence-electron chi connectivity index (χ4n) is 3.84. The highest BCUT2D eigenvalue weighted by Crippen LogP contribution is 2.46.